The average molecular weight is 221 g/mol. The van der Waals surface area contributed by atoms with Gasteiger partial charge in [0.2, 0.25) is 0 Å². The molecule has 86 valence electrons. The lowest BCUT2D eigenvalue weighted by Gasteiger charge is -2.35. The number of para-hydroxylation sites is 1. The van der Waals surface area contributed by atoms with E-state index in [9.17, 15) is 4.79 Å². The number of hydrogen-bond donors (Lipinski definition) is 1. The molecule has 1 unspecified atom stereocenters. The Bertz CT molecular complexity index is 351. The summed E-state index contributed by atoms with van der Waals surface area (Å²) < 4.78 is 5.20. The van der Waals surface area contributed by atoms with Crippen LogP contribution in [0, 0.1) is 0 Å². The zero-order valence-electron chi connectivity index (χ0n) is 9.00. The van der Waals surface area contributed by atoms with E-state index in [2.05, 4.69) is 0 Å². The SMILES string of the molecule is O=C1COCC(CCO)N1c1ccccc1. The highest BCUT2D eigenvalue weighted by molar-refractivity contribution is 5.95. The van der Waals surface area contributed by atoms with Gasteiger partial charge in [-0.25, -0.2) is 0 Å². The van der Waals surface area contributed by atoms with E-state index in [1.54, 1.807) is 4.90 Å². The number of carbonyl (C=O) groups excluding carboxylic acids is 1. The molecule has 1 atom stereocenters. The van der Waals surface area contributed by atoms with E-state index in [1.165, 1.54) is 0 Å². The molecule has 1 amide bonds. The third-order valence-electron chi connectivity index (χ3n) is 2.67. The topological polar surface area (TPSA) is 49.8 Å². The molecule has 0 radical (unpaired) electrons. The summed E-state index contributed by atoms with van der Waals surface area (Å²) in [6.07, 6.45) is 0.542. The summed E-state index contributed by atoms with van der Waals surface area (Å²) in [5, 5.41) is 8.98. The van der Waals surface area contributed by atoms with Crippen molar-refractivity contribution in [3.8, 4) is 0 Å². The maximum atomic E-state index is 11.8. The molecule has 1 saturated heterocycles. The molecular weight excluding hydrogens is 206 g/mol. The van der Waals surface area contributed by atoms with Gasteiger partial charge in [-0.15, -0.1) is 0 Å². The summed E-state index contributed by atoms with van der Waals surface area (Å²) >= 11 is 0. The molecule has 0 aliphatic carbocycles. The summed E-state index contributed by atoms with van der Waals surface area (Å²) in [7, 11) is 0. The first-order valence-electron chi connectivity index (χ1n) is 5.38. The number of amides is 1. The normalized spacial score (nSPS) is 21.2. The Morgan fingerprint density at radius 3 is 2.81 bits per heavy atom. The molecule has 1 N–H and O–H groups in total. The van der Waals surface area contributed by atoms with Gasteiger partial charge in [-0.05, 0) is 18.6 Å². The van der Waals surface area contributed by atoms with E-state index in [4.69, 9.17) is 9.84 Å². The fourth-order valence-corrected chi connectivity index (χ4v) is 1.93. The van der Waals surface area contributed by atoms with Gasteiger partial charge in [0.1, 0.15) is 6.61 Å². The minimum Gasteiger partial charge on any atom is -0.396 e. The van der Waals surface area contributed by atoms with Gasteiger partial charge in [0.25, 0.3) is 5.91 Å². The molecule has 4 nitrogen and oxygen atoms in total. The van der Waals surface area contributed by atoms with E-state index in [-0.39, 0.29) is 25.2 Å². The van der Waals surface area contributed by atoms with Crippen molar-refractivity contribution in [1.29, 1.82) is 0 Å². The first-order chi connectivity index (χ1) is 7.83. The third-order valence-corrected chi connectivity index (χ3v) is 2.67. The molecule has 1 aromatic rings. The Morgan fingerprint density at radius 2 is 2.12 bits per heavy atom. The lowest BCUT2D eigenvalue weighted by Crippen LogP contribution is -2.50. The van der Waals surface area contributed by atoms with Crippen molar-refractivity contribution in [3.63, 3.8) is 0 Å². The smallest absolute Gasteiger partial charge is 0.253 e. The second kappa shape index (κ2) is 5.09. The summed E-state index contributed by atoms with van der Waals surface area (Å²) in [4.78, 5) is 13.5. The van der Waals surface area contributed by atoms with Crippen LogP contribution in [0.4, 0.5) is 5.69 Å². The Labute approximate surface area is 94.4 Å². The third kappa shape index (κ3) is 2.23. The second-order valence-electron chi connectivity index (χ2n) is 3.78. The molecule has 0 bridgehead atoms. The Kier molecular flexibility index (Phi) is 3.54. The second-order valence-corrected chi connectivity index (χ2v) is 3.78. The Morgan fingerprint density at radius 1 is 1.38 bits per heavy atom. The monoisotopic (exact) mass is 221 g/mol. The van der Waals surface area contributed by atoms with Gasteiger partial charge in [0, 0.05) is 12.3 Å². The first kappa shape index (κ1) is 11.1. The molecule has 1 aromatic carbocycles. The number of rotatable bonds is 3. The van der Waals surface area contributed by atoms with Gasteiger partial charge in [0.05, 0.1) is 12.6 Å². The maximum absolute atomic E-state index is 11.8. The lowest BCUT2D eigenvalue weighted by atomic mass is 10.1. The van der Waals surface area contributed by atoms with Crippen molar-refractivity contribution < 1.29 is 14.6 Å². The van der Waals surface area contributed by atoms with Gasteiger partial charge < -0.3 is 14.7 Å². The van der Waals surface area contributed by atoms with Crippen LogP contribution in [0.15, 0.2) is 30.3 Å². The number of carbonyl (C=O) groups is 1. The van der Waals surface area contributed by atoms with Gasteiger partial charge in [-0.3, -0.25) is 4.79 Å². The van der Waals surface area contributed by atoms with Crippen molar-refractivity contribution in [1.82, 2.24) is 0 Å². The van der Waals surface area contributed by atoms with Crippen molar-refractivity contribution in [2.75, 3.05) is 24.7 Å². The first-order valence-corrected chi connectivity index (χ1v) is 5.38. The van der Waals surface area contributed by atoms with Crippen LogP contribution in [-0.4, -0.2) is 36.9 Å². The molecule has 4 heteroatoms. The van der Waals surface area contributed by atoms with E-state index in [0.717, 1.165) is 5.69 Å². The number of anilines is 1. The summed E-state index contributed by atoms with van der Waals surface area (Å²) in [5.41, 5.74) is 0.870. The van der Waals surface area contributed by atoms with Crippen molar-refractivity contribution in [2.24, 2.45) is 0 Å². The van der Waals surface area contributed by atoms with Gasteiger partial charge >= 0.3 is 0 Å². The van der Waals surface area contributed by atoms with Crippen LogP contribution in [0.5, 0.6) is 0 Å². The number of hydrogen-bond acceptors (Lipinski definition) is 3. The quantitative estimate of drug-likeness (QED) is 0.821. The van der Waals surface area contributed by atoms with E-state index < -0.39 is 0 Å². The summed E-state index contributed by atoms with van der Waals surface area (Å²) in [6, 6.07) is 9.44. The largest absolute Gasteiger partial charge is 0.396 e. The number of nitrogens with zero attached hydrogens (tertiary/aromatic N) is 1. The highest BCUT2D eigenvalue weighted by Crippen LogP contribution is 2.21. The molecule has 0 aromatic heterocycles. The minimum atomic E-state index is -0.0614. The summed E-state index contributed by atoms with van der Waals surface area (Å²) in [6.45, 7) is 0.669. The van der Waals surface area contributed by atoms with Crippen LogP contribution in [0.2, 0.25) is 0 Å². The lowest BCUT2D eigenvalue weighted by molar-refractivity contribution is -0.127. The number of ether oxygens (including phenoxy) is 1. The molecule has 0 spiro atoms. The number of aliphatic hydroxyl groups is 1. The molecule has 16 heavy (non-hydrogen) atoms. The number of morpholine rings is 1. The molecule has 1 aliphatic heterocycles. The zero-order valence-corrected chi connectivity index (χ0v) is 9.00. The van der Waals surface area contributed by atoms with Gasteiger partial charge in [-0.2, -0.15) is 0 Å². The van der Waals surface area contributed by atoms with Gasteiger partial charge in [0.15, 0.2) is 0 Å². The minimum absolute atomic E-state index is 0.0455. The Balaban J connectivity index is 2.23. The van der Waals surface area contributed by atoms with Crippen LogP contribution in [0.25, 0.3) is 0 Å². The van der Waals surface area contributed by atoms with E-state index in [1.807, 2.05) is 30.3 Å². The molecular formula is C12H15NO3. The summed E-state index contributed by atoms with van der Waals surface area (Å²) in [5.74, 6) is -0.0455. The zero-order chi connectivity index (χ0) is 11.4. The molecule has 2 rings (SSSR count). The van der Waals surface area contributed by atoms with Crippen LogP contribution >= 0.6 is 0 Å². The van der Waals surface area contributed by atoms with Crippen molar-refractivity contribution >= 4 is 11.6 Å². The number of aliphatic hydroxyl groups excluding tert-OH is 1. The molecule has 0 saturated carbocycles. The average Bonchev–Trinajstić information content (AvgIpc) is 2.31. The molecule has 1 fully saturated rings. The highest BCUT2D eigenvalue weighted by Gasteiger charge is 2.29. The van der Waals surface area contributed by atoms with Crippen LogP contribution < -0.4 is 4.90 Å². The van der Waals surface area contributed by atoms with Crippen LogP contribution in [0.3, 0.4) is 0 Å². The van der Waals surface area contributed by atoms with Crippen molar-refractivity contribution in [2.45, 2.75) is 12.5 Å². The van der Waals surface area contributed by atoms with Crippen molar-refractivity contribution in [3.05, 3.63) is 30.3 Å². The fourth-order valence-electron chi connectivity index (χ4n) is 1.93. The van der Waals surface area contributed by atoms with Crippen LogP contribution in [0.1, 0.15) is 6.42 Å². The van der Waals surface area contributed by atoms with Gasteiger partial charge in [-0.1, -0.05) is 18.2 Å². The standard InChI is InChI=1S/C12H15NO3/c14-7-6-11-8-16-9-12(15)13(11)10-4-2-1-3-5-10/h1-5,11,14H,6-9H2. The predicted octanol–water partition coefficient (Wildman–Crippen LogP) is 0.801. The molecule has 1 heterocycles. The number of benzene rings is 1. The highest BCUT2D eigenvalue weighted by atomic mass is 16.5. The van der Waals surface area contributed by atoms with E-state index >= 15 is 0 Å². The predicted molar refractivity (Wildman–Crippen MR) is 60.2 cm³/mol. The Hall–Kier alpha value is -1.39. The fraction of sp³-hybridized carbons (Fsp3) is 0.417. The van der Waals surface area contributed by atoms with Crippen LogP contribution in [-0.2, 0) is 9.53 Å². The maximum Gasteiger partial charge on any atom is 0.253 e. The van der Waals surface area contributed by atoms with E-state index in [0.29, 0.717) is 13.0 Å². The molecule has 1 aliphatic rings.